The molecule has 0 N–H and O–H groups in total. The van der Waals surface area contributed by atoms with Crippen LogP contribution in [0.2, 0.25) is 0 Å². The van der Waals surface area contributed by atoms with Crippen LogP contribution in [0.4, 0.5) is 17.1 Å². The summed E-state index contributed by atoms with van der Waals surface area (Å²) < 4.78 is 2.44. The molecule has 10 rings (SSSR count). The van der Waals surface area contributed by atoms with Gasteiger partial charge in [0.2, 0.25) is 0 Å². The quantitative estimate of drug-likeness (QED) is 0.172. The minimum atomic E-state index is 1.11. The molecule has 0 atom stereocenters. The van der Waals surface area contributed by atoms with Gasteiger partial charge in [-0.15, -0.1) is 0 Å². The van der Waals surface area contributed by atoms with Crippen LogP contribution in [0.5, 0.6) is 0 Å². The second-order valence-corrected chi connectivity index (χ2v) is 13.4. The van der Waals surface area contributed by atoms with Crippen LogP contribution < -0.4 is 4.90 Å². The third-order valence-corrected chi connectivity index (χ3v) is 10.3. The molecule has 52 heavy (non-hydrogen) atoms. The summed E-state index contributed by atoms with van der Waals surface area (Å²) in [5.41, 5.74) is 11.8. The highest BCUT2D eigenvalue weighted by Gasteiger charge is 2.21. The predicted molar refractivity (Wildman–Crippen MR) is 221 cm³/mol. The minimum absolute atomic E-state index is 1.11. The molecule has 0 fully saturated rings. The van der Waals surface area contributed by atoms with Gasteiger partial charge in [-0.3, -0.25) is 0 Å². The maximum absolute atomic E-state index is 2.44. The summed E-state index contributed by atoms with van der Waals surface area (Å²) in [5, 5.41) is 7.40. The Morgan fingerprint density at radius 2 is 0.962 bits per heavy atom. The summed E-state index contributed by atoms with van der Waals surface area (Å²) in [6, 6.07) is 74.7. The maximum atomic E-state index is 2.44. The Balaban J connectivity index is 1.22. The van der Waals surface area contributed by atoms with Gasteiger partial charge in [0.25, 0.3) is 0 Å². The average Bonchev–Trinajstić information content (AvgIpc) is 3.57. The molecule has 0 amide bonds. The van der Waals surface area contributed by atoms with E-state index in [9.17, 15) is 0 Å². The molecular formula is C50H34N2. The lowest BCUT2D eigenvalue weighted by Gasteiger charge is -2.27. The molecule has 244 valence electrons. The van der Waals surface area contributed by atoms with Gasteiger partial charge in [-0.05, 0) is 87.6 Å². The van der Waals surface area contributed by atoms with Gasteiger partial charge in [-0.25, -0.2) is 0 Å². The highest BCUT2D eigenvalue weighted by Crippen LogP contribution is 2.45. The Morgan fingerprint density at radius 1 is 0.365 bits per heavy atom. The number of fused-ring (bicyclic) bond motifs is 6. The van der Waals surface area contributed by atoms with E-state index in [0.29, 0.717) is 0 Å². The second-order valence-electron chi connectivity index (χ2n) is 13.4. The van der Waals surface area contributed by atoms with Crippen molar-refractivity contribution in [2.24, 2.45) is 0 Å². The van der Waals surface area contributed by atoms with E-state index in [1.165, 1.54) is 65.6 Å². The number of benzene rings is 9. The van der Waals surface area contributed by atoms with E-state index in [4.69, 9.17) is 0 Å². The lowest BCUT2D eigenvalue weighted by Crippen LogP contribution is -2.10. The van der Waals surface area contributed by atoms with Crippen LogP contribution in [-0.4, -0.2) is 4.57 Å². The van der Waals surface area contributed by atoms with Crippen LogP contribution in [-0.2, 0) is 0 Å². The zero-order valence-corrected chi connectivity index (χ0v) is 28.5. The van der Waals surface area contributed by atoms with E-state index in [1.807, 2.05) is 0 Å². The van der Waals surface area contributed by atoms with Gasteiger partial charge in [0.15, 0.2) is 0 Å². The van der Waals surface area contributed by atoms with E-state index < -0.39 is 0 Å². The molecule has 0 aliphatic heterocycles. The number of rotatable bonds is 6. The number of hydrogen-bond acceptors (Lipinski definition) is 1. The van der Waals surface area contributed by atoms with Crippen molar-refractivity contribution in [3.8, 4) is 27.9 Å². The van der Waals surface area contributed by atoms with Gasteiger partial charge in [-0.2, -0.15) is 0 Å². The van der Waals surface area contributed by atoms with Gasteiger partial charge >= 0.3 is 0 Å². The highest BCUT2D eigenvalue weighted by atomic mass is 15.1. The third-order valence-electron chi connectivity index (χ3n) is 10.3. The van der Waals surface area contributed by atoms with Crippen molar-refractivity contribution in [2.75, 3.05) is 4.90 Å². The molecule has 1 heterocycles. The normalized spacial score (nSPS) is 11.5. The molecule has 0 aliphatic rings. The van der Waals surface area contributed by atoms with Gasteiger partial charge in [-0.1, -0.05) is 152 Å². The summed E-state index contributed by atoms with van der Waals surface area (Å²) in [7, 11) is 0. The topological polar surface area (TPSA) is 8.17 Å². The van der Waals surface area contributed by atoms with Gasteiger partial charge in [0.05, 0.1) is 16.7 Å². The average molecular weight is 663 g/mol. The monoisotopic (exact) mass is 662 g/mol. The first-order chi connectivity index (χ1) is 25.8. The first-order valence-corrected chi connectivity index (χ1v) is 17.9. The Morgan fingerprint density at radius 3 is 1.77 bits per heavy atom. The van der Waals surface area contributed by atoms with Crippen LogP contribution >= 0.6 is 0 Å². The van der Waals surface area contributed by atoms with Crippen LogP contribution in [0.15, 0.2) is 206 Å². The molecule has 1 aromatic heterocycles. The van der Waals surface area contributed by atoms with E-state index >= 15 is 0 Å². The lowest BCUT2D eigenvalue weighted by atomic mass is 9.94. The molecule has 0 spiro atoms. The van der Waals surface area contributed by atoms with Crippen molar-refractivity contribution in [1.29, 1.82) is 0 Å². The first kappa shape index (κ1) is 30.0. The van der Waals surface area contributed by atoms with Crippen LogP contribution in [0, 0.1) is 0 Å². The standard InChI is InChI=1S/C50H34N2/c1-3-15-35(16-4-1)36-29-31-41(32-30-36)51(47-28-14-19-37-17-7-9-24-43(37)47)42-23-13-20-38(33-42)46-34-39-18-8-10-25-44(39)50-49(46)45-26-11-12-27-48(45)52(50)40-21-5-2-6-22-40/h1-34H. The number of anilines is 3. The van der Waals surface area contributed by atoms with Gasteiger partial charge in [0, 0.05) is 38.6 Å². The molecule has 0 unspecified atom stereocenters. The Hall–Kier alpha value is -6.90. The fourth-order valence-electron chi connectivity index (χ4n) is 7.98. The largest absolute Gasteiger partial charge is 0.310 e. The Bertz CT molecular complexity index is 2880. The van der Waals surface area contributed by atoms with E-state index in [2.05, 4.69) is 216 Å². The maximum Gasteiger partial charge on any atom is 0.0625 e. The van der Waals surface area contributed by atoms with Crippen LogP contribution in [0.1, 0.15) is 0 Å². The van der Waals surface area contributed by atoms with Crippen molar-refractivity contribution >= 4 is 60.4 Å². The predicted octanol–water partition coefficient (Wildman–Crippen LogP) is 13.9. The fraction of sp³-hybridized carbons (Fsp3) is 0. The van der Waals surface area contributed by atoms with Gasteiger partial charge in [0.1, 0.15) is 0 Å². The summed E-state index contributed by atoms with van der Waals surface area (Å²) in [6.07, 6.45) is 0. The summed E-state index contributed by atoms with van der Waals surface area (Å²) >= 11 is 0. The molecule has 0 saturated carbocycles. The van der Waals surface area contributed by atoms with Crippen molar-refractivity contribution < 1.29 is 0 Å². The van der Waals surface area contributed by atoms with Crippen LogP contribution in [0.25, 0.3) is 71.3 Å². The van der Waals surface area contributed by atoms with Crippen molar-refractivity contribution in [2.45, 2.75) is 0 Å². The lowest BCUT2D eigenvalue weighted by molar-refractivity contribution is 1.19. The molecule has 9 aromatic carbocycles. The summed E-state index contributed by atoms with van der Waals surface area (Å²) in [4.78, 5) is 2.41. The number of para-hydroxylation sites is 2. The zero-order valence-electron chi connectivity index (χ0n) is 28.5. The molecule has 2 nitrogen and oxygen atoms in total. The third kappa shape index (κ3) is 4.96. The molecule has 10 aromatic rings. The molecule has 0 bridgehead atoms. The smallest absolute Gasteiger partial charge is 0.0625 e. The van der Waals surface area contributed by atoms with E-state index in [-0.39, 0.29) is 0 Å². The van der Waals surface area contributed by atoms with Crippen molar-refractivity contribution in [1.82, 2.24) is 4.57 Å². The number of nitrogens with zero attached hydrogens (tertiary/aromatic N) is 2. The van der Waals surface area contributed by atoms with Gasteiger partial charge < -0.3 is 9.47 Å². The first-order valence-electron chi connectivity index (χ1n) is 17.9. The van der Waals surface area contributed by atoms with Crippen molar-refractivity contribution in [3.63, 3.8) is 0 Å². The summed E-state index contributed by atoms with van der Waals surface area (Å²) in [5.74, 6) is 0. The number of aromatic nitrogens is 1. The second kappa shape index (κ2) is 12.5. The zero-order chi connectivity index (χ0) is 34.4. The summed E-state index contributed by atoms with van der Waals surface area (Å²) in [6.45, 7) is 0. The fourth-order valence-corrected chi connectivity index (χ4v) is 7.98. The van der Waals surface area contributed by atoms with Crippen LogP contribution in [0.3, 0.4) is 0 Å². The van der Waals surface area contributed by atoms with E-state index in [1.54, 1.807) is 0 Å². The molecular weight excluding hydrogens is 629 g/mol. The Labute approximate surface area is 303 Å². The SMILES string of the molecule is c1ccc(-c2ccc(N(c3cccc(-c4cc5ccccc5c5c4c4ccccc4n5-c4ccccc4)c3)c3cccc4ccccc34)cc2)cc1. The molecule has 0 saturated heterocycles. The van der Waals surface area contributed by atoms with Crippen molar-refractivity contribution in [3.05, 3.63) is 206 Å². The molecule has 2 heteroatoms. The minimum Gasteiger partial charge on any atom is -0.310 e. The highest BCUT2D eigenvalue weighted by molar-refractivity contribution is 6.24. The number of hydrogen-bond donors (Lipinski definition) is 0. The molecule has 0 radical (unpaired) electrons. The van der Waals surface area contributed by atoms with E-state index in [0.717, 1.165) is 22.7 Å². The molecule has 0 aliphatic carbocycles. The Kier molecular flexibility index (Phi) is 7.18.